The van der Waals surface area contributed by atoms with Gasteiger partial charge in [0, 0.05) is 25.1 Å². The van der Waals surface area contributed by atoms with Crippen molar-refractivity contribution in [2.24, 2.45) is 0 Å². The van der Waals surface area contributed by atoms with E-state index in [1.54, 1.807) is 32.2 Å². The van der Waals surface area contributed by atoms with Gasteiger partial charge in [-0.25, -0.2) is 18.4 Å². The van der Waals surface area contributed by atoms with E-state index in [4.69, 9.17) is 9.47 Å². The van der Waals surface area contributed by atoms with Crippen molar-refractivity contribution in [1.29, 1.82) is 0 Å². The van der Waals surface area contributed by atoms with Crippen molar-refractivity contribution >= 4 is 15.8 Å². The van der Waals surface area contributed by atoms with Gasteiger partial charge in [-0.05, 0) is 52.7 Å². The Bertz CT molecular complexity index is 1120. The lowest BCUT2D eigenvalue weighted by Gasteiger charge is -2.28. The highest BCUT2D eigenvalue weighted by atomic mass is 32.2. The second kappa shape index (κ2) is 8.74. The van der Waals surface area contributed by atoms with Gasteiger partial charge in [-0.1, -0.05) is 0 Å². The van der Waals surface area contributed by atoms with Crippen LogP contribution in [0.25, 0.3) is 0 Å². The molecule has 32 heavy (non-hydrogen) atoms. The summed E-state index contributed by atoms with van der Waals surface area (Å²) in [7, 11) is -3.46. The maximum atomic E-state index is 12.9. The molecule has 2 unspecified atom stereocenters. The number of ether oxygens (including phenoxy) is 2. The lowest BCUT2D eigenvalue weighted by molar-refractivity contribution is -0.118. The number of sulfonamides is 1. The van der Waals surface area contributed by atoms with Crippen LogP contribution in [-0.2, 0) is 14.8 Å². The highest BCUT2D eigenvalue weighted by Gasteiger charge is 2.50. The van der Waals surface area contributed by atoms with E-state index >= 15 is 0 Å². The standard InChI is InChI=1S/C22H28N4O5S/c1-13(10-17-11-19(27)16(4)26(17)32(28,29)18-7-8-18)30-21-14(2)22(25-12-24-21)31-20-6-5-9-23-15(20)3/h5-6,9,12-13,16-18H,7-8,10-11H2,1-4H3/t13-,16?,17?/m1/s1. The summed E-state index contributed by atoms with van der Waals surface area (Å²) in [5.74, 6) is 1.26. The zero-order chi connectivity index (χ0) is 23.0. The van der Waals surface area contributed by atoms with Gasteiger partial charge in [0.25, 0.3) is 0 Å². The minimum atomic E-state index is -3.46. The minimum Gasteiger partial charge on any atom is -0.474 e. The van der Waals surface area contributed by atoms with Crippen LogP contribution < -0.4 is 9.47 Å². The van der Waals surface area contributed by atoms with Crippen LogP contribution in [0.4, 0.5) is 0 Å². The fourth-order valence-electron chi connectivity index (χ4n) is 4.05. The first-order valence-corrected chi connectivity index (χ1v) is 12.3. The molecule has 2 fully saturated rings. The topological polar surface area (TPSA) is 112 Å². The van der Waals surface area contributed by atoms with Crippen molar-refractivity contribution in [2.45, 2.75) is 76.8 Å². The number of carbonyl (C=O) groups is 1. The van der Waals surface area contributed by atoms with E-state index in [0.29, 0.717) is 42.3 Å². The summed E-state index contributed by atoms with van der Waals surface area (Å²) in [6.45, 7) is 7.17. The molecule has 2 aliphatic rings. The van der Waals surface area contributed by atoms with Gasteiger partial charge in [-0.15, -0.1) is 0 Å². The Morgan fingerprint density at radius 1 is 1.19 bits per heavy atom. The van der Waals surface area contributed by atoms with E-state index in [1.165, 1.54) is 10.6 Å². The van der Waals surface area contributed by atoms with E-state index in [1.807, 2.05) is 13.8 Å². The number of hydrogen-bond acceptors (Lipinski definition) is 8. The molecule has 2 aromatic heterocycles. The van der Waals surface area contributed by atoms with Crippen molar-refractivity contribution in [3.63, 3.8) is 0 Å². The number of carbonyl (C=O) groups excluding carboxylic acids is 1. The molecule has 2 aromatic rings. The van der Waals surface area contributed by atoms with Crippen LogP contribution in [0.15, 0.2) is 24.7 Å². The summed E-state index contributed by atoms with van der Waals surface area (Å²) in [5.41, 5.74) is 1.36. The molecular weight excluding hydrogens is 432 g/mol. The molecule has 10 heteroatoms. The molecule has 4 rings (SSSR count). The van der Waals surface area contributed by atoms with Crippen molar-refractivity contribution in [1.82, 2.24) is 19.3 Å². The second-order valence-electron chi connectivity index (χ2n) is 8.54. The molecule has 1 saturated heterocycles. The first kappa shape index (κ1) is 22.6. The third-order valence-corrected chi connectivity index (χ3v) is 8.47. The first-order chi connectivity index (χ1) is 15.2. The zero-order valence-electron chi connectivity index (χ0n) is 18.7. The van der Waals surface area contributed by atoms with Gasteiger partial charge in [0.2, 0.25) is 21.8 Å². The number of nitrogens with zero attached hydrogens (tertiary/aromatic N) is 4. The third kappa shape index (κ3) is 4.47. The number of rotatable bonds is 8. The monoisotopic (exact) mass is 460 g/mol. The molecule has 0 amide bonds. The smallest absolute Gasteiger partial charge is 0.229 e. The van der Waals surface area contributed by atoms with Gasteiger partial charge >= 0.3 is 0 Å². The van der Waals surface area contributed by atoms with Crippen LogP contribution in [0.2, 0.25) is 0 Å². The van der Waals surface area contributed by atoms with Gasteiger partial charge in [-0.3, -0.25) is 9.78 Å². The van der Waals surface area contributed by atoms with Gasteiger partial charge in [0.1, 0.15) is 6.33 Å². The first-order valence-electron chi connectivity index (χ1n) is 10.8. The van der Waals surface area contributed by atoms with E-state index in [-0.39, 0.29) is 23.6 Å². The second-order valence-corrected chi connectivity index (χ2v) is 10.7. The number of aromatic nitrogens is 3. The Labute approximate surface area is 188 Å². The van der Waals surface area contributed by atoms with Gasteiger partial charge in [-0.2, -0.15) is 4.31 Å². The molecule has 0 spiro atoms. The normalized spacial score (nSPS) is 22.7. The molecule has 1 aliphatic carbocycles. The molecule has 3 heterocycles. The summed E-state index contributed by atoms with van der Waals surface area (Å²) in [6.07, 6.45) is 4.61. The predicted octanol–water partition coefficient (Wildman–Crippen LogP) is 2.96. The summed E-state index contributed by atoms with van der Waals surface area (Å²) in [6, 6.07) is 2.56. The molecule has 1 aliphatic heterocycles. The number of Topliss-reactive ketones (excluding diaryl/α,β-unsaturated/α-hetero) is 1. The van der Waals surface area contributed by atoms with Crippen LogP contribution in [-0.4, -0.2) is 56.9 Å². The molecule has 3 atom stereocenters. The van der Waals surface area contributed by atoms with Crippen LogP contribution in [0, 0.1) is 13.8 Å². The lowest BCUT2D eigenvalue weighted by atomic mass is 10.1. The van der Waals surface area contributed by atoms with Gasteiger partial charge < -0.3 is 9.47 Å². The van der Waals surface area contributed by atoms with E-state index in [0.717, 1.165) is 5.69 Å². The average Bonchev–Trinajstić information content (AvgIpc) is 3.54. The largest absolute Gasteiger partial charge is 0.474 e. The predicted molar refractivity (Wildman–Crippen MR) is 117 cm³/mol. The lowest BCUT2D eigenvalue weighted by Crippen LogP contribution is -2.44. The van der Waals surface area contributed by atoms with E-state index < -0.39 is 22.1 Å². The van der Waals surface area contributed by atoms with E-state index in [9.17, 15) is 13.2 Å². The van der Waals surface area contributed by atoms with Crippen molar-refractivity contribution < 1.29 is 22.7 Å². The van der Waals surface area contributed by atoms with Crippen molar-refractivity contribution in [3.05, 3.63) is 35.9 Å². The maximum absolute atomic E-state index is 12.9. The molecule has 0 N–H and O–H groups in total. The summed E-state index contributed by atoms with van der Waals surface area (Å²) >= 11 is 0. The molecular formula is C22H28N4O5S. The van der Waals surface area contributed by atoms with E-state index in [2.05, 4.69) is 15.0 Å². The van der Waals surface area contributed by atoms with Crippen LogP contribution in [0.5, 0.6) is 17.5 Å². The molecule has 0 radical (unpaired) electrons. The highest BCUT2D eigenvalue weighted by Crippen LogP contribution is 2.38. The number of ketones is 1. The molecule has 172 valence electrons. The summed E-state index contributed by atoms with van der Waals surface area (Å²) in [4.78, 5) is 25.0. The number of hydrogen-bond donors (Lipinski definition) is 0. The molecule has 1 saturated carbocycles. The summed E-state index contributed by atoms with van der Waals surface area (Å²) in [5, 5.41) is -0.352. The highest BCUT2D eigenvalue weighted by molar-refractivity contribution is 7.90. The summed E-state index contributed by atoms with van der Waals surface area (Å²) < 4.78 is 39.1. The average molecular weight is 461 g/mol. The maximum Gasteiger partial charge on any atom is 0.229 e. The van der Waals surface area contributed by atoms with Crippen LogP contribution >= 0.6 is 0 Å². The van der Waals surface area contributed by atoms with Crippen molar-refractivity contribution in [3.8, 4) is 17.5 Å². The van der Waals surface area contributed by atoms with Gasteiger partial charge in [0.05, 0.1) is 28.7 Å². The van der Waals surface area contributed by atoms with Crippen LogP contribution in [0.1, 0.15) is 50.8 Å². The fraction of sp³-hybridized carbons (Fsp3) is 0.545. The molecule has 9 nitrogen and oxygen atoms in total. The Kier molecular flexibility index (Phi) is 6.17. The zero-order valence-corrected chi connectivity index (χ0v) is 19.5. The third-order valence-electron chi connectivity index (χ3n) is 5.96. The van der Waals surface area contributed by atoms with Gasteiger partial charge in [0.15, 0.2) is 11.5 Å². The van der Waals surface area contributed by atoms with Crippen molar-refractivity contribution in [2.75, 3.05) is 0 Å². The fourth-order valence-corrected chi connectivity index (χ4v) is 6.26. The quantitative estimate of drug-likeness (QED) is 0.591. The Hall–Kier alpha value is -2.59. The molecule has 0 aromatic carbocycles. The van der Waals surface area contributed by atoms with Crippen LogP contribution in [0.3, 0.4) is 0 Å². The number of aryl methyl sites for hydroxylation is 1. The SMILES string of the molecule is Cc1ncccc1Oc1ncnc(O[C@H](C)CC2CC(=O)C(C)N2S(=O)(=O)C2CC2)c1C. The number of pyridine rings is 1. The Balaban J connectivity index is 1.47. The Morgan fingerprint density at radius 2 is 1.91 bits per heavy atom. The molecule has 0 bridgehead atoms. The minimum absolute atomic E-state index is 0.0489. The Morgan fingerprint density at radius 3 is 2.59 bits per heavy atom.